The monoisotopic (exact) mass is 272 g/mol. The van der Waals surface area contributed by atoms with E-state index in [2.05, 4.69) is 10.1 Å². The lowest BCUT2D eigenvalue weighted by molar-refractivity contribution is 0.0698. The normalized spacial score (nSPS) is 11.1. The molecule has 0 unspecified atom stereocenters. The molecule has 20 heavy (non-hydrogen) atoms. The molecule has 0 fully saturated rings. The number of aromatic amines is 1. The van der Waals surface area contributed by atoms with Gasteiger partial charge in [-0.15, -0.1) is 0 Å². The van der Waals surface area contributed by atoms with Crippen molar-refractivity contribution in [2.45, 2.75) is 6.92 Å². The van der Waals surface area contributed by atoms with E-state index < -0.39 is 5.97 Å². The largest absolute Gasteiger partial charge is 0.478 e. The van der Waals surface area contributed by atoms with Gasteiger partial charge in [-0.25, -0.2) is 9.59 Å². The van der Waals surface area contributed by atoms with Gasteiger partial charge >= 0.3 is 11.7 Å². The Hall–Kier alpha value is -2.83. The number of H-pyrrole nitrogens is 1. The van der Waals surface area contributed by atoms with E-state index in [-0.39, 0.29) is 11.3 Å². The van der Waals surface area contributed by atoms with E-state index in [0.717, 1.165) is 0 Å². The lowest BCUT2D eigenvalue weighted by atomic mass is 10.2. The van der Waals surface area contributed by atoms with E-state index in [4.69, 9.17) is 0 Å². The zero-order valence-electron chi connectivity index (χ0n) is 10.9. The van der Waals surface area contributed by atoms with Crippen LogP contribution in [-0.2, 0) is 7.05 Å². The average Bonchev–Trinajstić information content (AvgIpc) is 2.87. The lowest BCUT2D eigenvalue weighted by Crippen LogP contribution is -2.16. The highest BCUT2D eigenvalue weighted by Gasteiger charge is 2.18. The van der Waals surface area contributed by atoms with Crippen LogP contribution in [0.4, 0.5) is 0 Å². The van der Waals surface area contributed by atoms with Crippen molar-refractivity contribution in [3.8, 4) is 5.69 Å². The van der Waals surface area contributed by atoms with Crippen LogP contribution in [0.25, 0.3) is 16.7 Å². The summed E-state index contributed by atoms with van der Waals surface area (Å²) in [5.41, 5.74) is 1.74. The number of carboxylic acids is 1. The third kappa shape index (κ3) is 1.63. The Labute approximate surface area is 113 Å². The maximum absolute atomic E-state index is 12.2. The van der Waals surface area contributed by atoms with Crippen LogP contribution in [0.1, 0.15) is 16.1 Å². The number of para-hydroxylation sites is 1. The maximum Gasteiger partial charge on any atom is 0.337 e. The number of aryl methyl sites for hydroxylation is 2. The van der Waals surface area contributed by atoms with Gasteiger partial charge in [-0.3, -0.25) is 9.25 Å². The van der Waals surface area contributed by atoms with Gasteiger partial charge in [0.15, 0.2) is 0 Å². The Balaban J connectivity index is 2.47. The van der Waals surface area contributed by atoms with Crippen LogP contribution in [0.3, 0.4) is 0 Å². The molecule has 2 heterocycles. The Morgan fingerprint density at radius 1 is 1.40 bits per heavy atom. The highest BCUT2D eigenvalue weighted by molar-refractivity contribution is 6.01. The molecule has 0 bridgehead atoms. The first-order valence-corrected chi connectivity index (χ1v) is 5.96. The van der Waals surface area contributed by atoms with Crippen molar-refractivity contribution in [2.75, 3.05) is 0 Å². The fourth-order valence-electron chi connectivity index (χ4n) is 2.37. The van der Waals surface area contributed by atoms with Crippen LogP contribution in [0.5, 0.6) is 0 Å². The molecule has 7 nitrogen and oxygen atoms in total. The smallest absolute Gasteiger partial charge is 0.337 e. The van der Waals surface area contributed by atoms with Crippen molar-refractivity contribution in [2.24, 2.45) is 7.05 Å². The number of benzene rings is 1. The standard InChI is InChI=1S/C13H12N4O3/c1-7-10(6-16(2)15-7)17-11-8(12(18)19)4-3-5-9(11)14-13(17)20/h3-6H,1-2H3,(H,14,20)(H,18,19). The molecule has 7 heteroatoms. The Morgan fingerprint density at radius 2 is 2.15 bits per heavy atom. The summed E-state index contributed by atoms with van der Waals surface area (Å²) in [6.07, 6.45) is 1.68. The molecule has 2 N–H and O–H groups in total. The second-order valence-electron chi connectivity index (χ2n) is 4.55. The van der Waals surface area contributed by atoms with E-state index in [1.807, 2.05) is 0 Å². The molecular formula is C13H12N4O3. The number of rotatable bonds is 2. The quantitative estimate of drug-likeness (QED) is 0.729. The molecule has 0 saturated heterocycles. The summed E-state index contributed by atoms with van der Waals surface area (Å²) in [5, 5.41) is 13.5. The predicted octanol–water partition coefficient (Wildman–Crippen LogP) is 1.06. The van der Waals surface area contributed by atoms with E-state index >= 15 is 0 Å². The molecule has 2 aromatic heterocycles. The summed E-state index contributed by atoms with van der Waals surface area (Å²) in [7, 11) is 1.74. The van der Waals surface area contributed by atoms with E-state index in [0.29, 0.717) is 22.4 Å². The Kier molecular flexibility index (Phi) is 2.50. The van der Waals surface area contributed by atoms with Crippen molar-refractivity contribution in [1.29, 1.82) is 0 Å². The van der Waals surface area contributed by atoms with Crippen molar-refractivity contribution in [1.82, 2.24) is 19.3 Å². The Bertz CT molecular complexity index is 885. The minimum absolute atomic E-state index is 0.0732. The molecular weight excluding hydrogens is 260 g/mol. The number of hydrogen-bond acceptors (Lipinski definition) is 3. The second kappa shape index (κ2) is 4.09. The Morgan fingerprint density at radius 3 is 2.75 bits per heavy atom. The van der Waals surface area contributed by atoms with Gasteiger partial charge in [0.1, 0.15) is 0 Å². The summed E-state index contributed by atoms with van der Waals surface area (Å²) < 4.78 is 2.93. The fraction of sp³-hybridized carbons (Fsp3) is 0.154. The number of aromatic carboxylic acids is 1. The maximum atomic E-state index is 12.2. The minimum Gasteiger partial charge on any atom is -0.478 e. The summed E-state index contributed by atoms with van der Waals surface area (Å²) in [6, 6.07) is 4.74. The van der Waals surface area contributed by atoms with Crippen molar-refractivity contribution < 1.29 is 9.90 Å². The van der Waals surface area contributed by atoms with Crippen LogP contribution in [0, 0.1) is 6.92 Å². The van der Waals surface area contributed by atoms with Crippen LogP contribution in [-0.4, -0.2) is 30.4 Å². The van der Waals surface area contributed by atoms with Gasteiger partial charge in [0.2, 0.25) is 0 Å². The lowest BCUT2D eigenvalue weighted by Gasteiger charge is -2.03. The fourth-order valence-corrected chi connectivity index (χ4v) is 2.37. The number of nitrogens with one attached hydrogen (secondary N) is 1. The topological polar surface area (TPSA) is 92.9 Å². The number of carboxylic acid groups (broad SMARTS) is 1. The minimum atomic E-state index is -1.08. The summed E-state index contributed by atoms with van der Waals surface area (Å²) in [4.78, 5) is 26.2. The van der Waals surface area contributed by atoms with Crippen molar-refractivity contribution in [3.63, 3.8) is 0 Å². The average molecular weight is 272 g/mol. The van der Waals surface area contributed by atoms with Gasteiger partial charge in [0.25, 0.3) is 0 Å². The van der Waals surface area contributed by atoms with Gasteiger partial charge in [0, 0.05) is 13.2 Å². The summed E-state index contributed by atoms with van der Waals surface area (Å²) >= 11 is 0. The van der Waals surface area contributed by atoms with Gasteiger partial charge in [-0.2, -0.15) is 5.10 Å². The van der Waals surface area contributed by atoms with Gasteiger partial charge in [-0.05, 0) is 19.1 Å². The second-order valence-corrected chi connectivity index (χ2v) is 4.55. The van der Waals surface area contributed by atoms with E-state index in [1.54, 1.807) is 37.0 Å². The zero-order chi connectivity index (χ0) is 14.4. The van der Waals surface area contributed by atoms with Gasteiger partial charge < -0.3 is 10.1 Å². The molecule has 1 aromatic carbocycles. The van der Waals surface area contributed by atoms with Gasteiger partial charge in [-0.1, -0.05) is 6.07 Å². The first-order valence-electron chi connectivity index (χ1n) is 5.96. The molecule has 0 radical (unpaired) electrons. The van der Waals surface area contributed by atoms with Crippen molar-refractivity contribution >= 4 is 17.0 Å². The van der Waals surface area contributed by atoms with Crippen LogP contribution in [0.2, 0.25) is 0 Å². The highest BCUT2D eigenvalue weighted by atomic mass is 16.4. The number of imidazole rings is 1. The summed E-state index contributed by atoms with van der Waals surface area (Å²) in [5.74, 6) is -1.08. The predicted molar refractivity (Wildman–Crippen MR) is 72.4 cm³/mol. The highest BCUT2D eigenvalue weighted by Crippen LogP contribution is 2.21. The molecule has 0 aliphatic heterocycles. The molecule has 0 aliphatic carbocycles. The molecule has 102 valence electrons. The molecule has 0 spiro atoms. The third-order valence-electron chi connectivity index (χ3n) is 3.16. The number of fused-ring (bicyclic) bond motifs is 1. The number of carbonyl (C=O) groups is 1. The molecule has 0 aliphatic rings. The first kappa shape index (κ1) is 12.2. The molecule has 0 saturated carbocycles. The molecule has 0 amide bonds. The molecule has 0 atom stereocenters. The van der Waals surface area contributed by atoms with Crippen LogP contribution in [0.15, 0.2) is 29.2 Å². The van der Waals surface area contributed by atoms with Gasteiger partial charge in [0.05, 0.1) is 28.0 Å². The van der Waals surface area contributed by atoms with Crippen LogP contribution < -0.4 is 5.69 Å². The molecule has 3 aromatic rings. The molecule has 3 rings (SSSR count). The van der Waals surface area contributed by atoms with E-state index in [1.165, 1.54) is 10.6 Å². The van der Waals surface area contributed by atoms with E-state index in [9.17, 15) is 14.7 Å². The zero-order valence-corrected chi connectivity index (χ0v) is 10.9. The summed E-state index contributed by atoms with van der Waals surface area (Å²) in [6.45, 7) is 1.77. The number of hydrogen-bond donors (Lipinski definition) is 2. The van der Waals surface area contributed by atoms with Crippen molar-refractivity contribution in [3.05, 3.63) is 46.1 Å². The third-order valence-corrected chi connectivity index (χ3v) is 3.16. The number of aromatic nitrogens is 4. The first-order chi connectivity index (χ1) is 9.49. The SMILES string of the molecule is Cc1nn(C)cc1-n1c(=O)[nH]c2cccc(C(=O)O)c21. The number of nitrogens with zero attached hydrogens (tertiary/aromatic N) is 3. The van der Waals surface area contributed by atoms with Crippen LogP contribution >= 0.6 is 0 Å².